The number of rotatable bonds is 3. The lowest BCUT2D eigenvalue weighted by Crippen LogP contribution is -2.52. The maximum Gasteiger partial charge on any atom is 0.325 e. The smallest absolute Gasteiger partial charge is 0.325 e. The van der Waals surface area contributed by atoms with Crippen molar-refractivity contribution in [3.05, 3.63) is 34.9 Å². The topological polar surface area (TPSA) is 69.7 Å². The van der Waals surface area contributed by atoms with Crippen molar-refractivity contribution in [1.82, 2.24) is 15.1 Å². The standard InChI is InChI=1S/C19H24ClN3O3/c1-12-5-4-6-13(2)23(12)16(24)11-22-17(25)19(3,21-18(22)26)14-7-9-15(20)10-8-14/h7-10,12-13H,4-6,11H2,1-3H3,(H,21,26)/t12-,13-,19-/m1/s1. The van der Waals surface area contributed by atoms with Crippen molar-refractivity contribution in [2.45, 2.75) is 57.7 Å². The summed E-state index contributed by atoms with van der Waals surface area (Å²) in [7, 11) is 0. The highest BCUT2D eigenvalue weighted by atomic mass is 35.5. The molecule has 0 aliphatic carbocycles. The summed E-state index contributed by atoms with van der Waals surface area (Å²) in [6.07, 6.45) is 2.97. The van der Waals surface area contributed by atoms with Gasteiger partial charge in [-0.1, -0.05) is 23.7 Å². The number of carbonyl (C=O) groups excluding carboxylic acids is 3. The van der Waals surface area contributed by atoms with Crippen molar-refractivity contribution < 1.29 is 14.4 Å². The molecule has 3 atom stereocenters. The number of imide groups is 1. The van der Waals surface area contributed by atoms with Crippen LogP contribution in [0.4, 0.5) is 4.79 Å². The first-order valence-electron chi connectivity index (χ1n) is 8.95. The third-order valence-electron chi connectivity index (χ3n) is 5.47. The van der Waals surface area contributed by atoms with Gasteiger partial charge in [0.05, 0.1) is 0 Å². The minimum atomic E-state index is -1.19. The minimum absolute atomic E-state index is 0.120. The number of benzene rings is 1. The van der Waals surface area contributed by atoms with Gasteiger partial charge in [0, 0.05) is 17.1 Å². The number of halogens is 1. The number of likely N-dealkylation sites (tertiary alicyclic amines) is 1. The number of hydrogen-bond acceptors (Lipinski definition) is 3. The quantitative estimate of drug-likeness (QED) is 0.823. The average molecular weight is 378 g/mol. The largest absolute Gasteiger partial charge is 0.336 e. The highest BCUT2D eigenvalue weighted by Crippen LogP contribution is 2.30. The molecule has 0 radical (unpaired) electrons. The van der Waals surface area contributed by atoms with E-state index in [0.29, 0.717) is 10.6 Å². The zero-order valence-corrected chi connectivity index (χ0v) is 16.0. The second-order valence-corrected chi connectivity index (χ2v) is 7.82. The van der Waals surface area contributed by atoms with E-state index in [1.54, 1.807) is 31.2 Å². The molecule has 1 N–H and O–H groups in total. The van der Waals surface area contributed by atoms with E-state index in [1.807, 2.05) is 18.7 Å². The molecule has 140 valence electrons. The number of piperidine rings is 1. The van der Waals surface area contributed by atoms with Gasteiger partial charge in [-0.2, -0.15) is 0 Å². The molecular formula is C19H24ClN3O3. The van der Waals surface area contributed by atoms with Gasteiger partial charge in [-0.05, 0) is 57.7 Å². The van der Waals surface area contributed by atoms with E-state index < -0.39 is 17.5 Å². The van der Waals surface area contributed by atoms with E-state index >= 15 is 0 Å². The molecule has 0 aromatic heterocycles. The van der Waals surface area contributed by atoms with Crippen molar-refractivity contribution in [2.75, 3.05) is 6.54 Å². The van der Waals surface area contributed by atoms with Gasteiger partial charge in [-0.3, -0.25) is 14.5 Å². The highest BCUT2D eigenvalue weighted by molar-refractivity contribution is 6.30. The van der Waals surface area contributed by atoms with E-state index in [2.05, 4.69) is 5.32 Å². The number of urea groups is 1. The van der Waals surface area contributed by atoms with Crippen molar-refractivity contribution in [3.8, 4) is 0 Å². The van der Waals surface area contributed by atoms with Crippen LogP contribution in [-0.2, 0) is 15.1 Å². The highest BCUT2D eigenvalue weighted by Gasteiger charge is 2.50. The monoisotopic (exact) mass is 377 g/mol. The van der Waals surface area contributed by atoms with Crippen molar-refractivity contribution >= 4 is 29.4 Å². The first-order valence-corrected chi connectivity index (χ1v) is 9.33. The number of nitrogens with zero attached hydrogens (tertiary/aromatic N) is 2. The summed E-state index contributed by atoms with van der Waals surface area (Å²) < 4.78 is 0. The maximum atomic E-state index is 12.9. The molecule has 2 aliphatic heterocycles. The molecule has 1 aromatic carbocycles. The lowest BCUT2D eigenvalue weighted by Gasteiger charge is -2.39. The van der Waals surface area contributed by atoms with Crippen LogP contribution >= 0.6 is 11.6 Å². The first-order chi connectivity index (χ1) is 12.2. The zero-order chi connectivity index (χ0) is 19.1. The second kappa shape index (κ2) is 6.91. The molecule has 26 heavy (non-hydrogen) atoms. The number of carbonyl (C=O) groups is 3. The summed E-state index contributed by atoms with van der Waals surface area (Å²) in [5.41, 5.74) is -0.559. The van der Waals surface area contributed by atoms with E-state index in [4.69, 9.17) is 11.6 Å². The van der Waals surface area contributed by atoms with Crippen LogP contribution in [0.3, 0.4) is 0 Å². The SMILES string of the molecule is C[C@@H]1CCC[C@@H](C)N1C(=O)CN1C(=O)N[C@](C)(c2ccc(Cl)cc2)C1=O. The van der Waals surface area contributed by atoms with Crippen LogP contribution in [0.5, 0.6) is 0 Å². The fourth-order valence-corrected chi connectivity index (χ4v) is 4.08. The van der Waals surface area contributed by atoms with E-state index in [9.17, 15) is 14.4 Å². The van der Waals surface area contributed by atoms with Gasteiger partial charge in [-0.25, -0.2) is 4.79 Å². The van der Waals surface area contributed by atoms with Gasteiger partial charge in [0.2, 0.25) is 5.91 Å². The third kappa shape index (κ3) is 3.18. The van der Waals surface area contributed by atoms with Crippen LogP contribution in [0.2, 0.25) is 5.02 Å². The number of nitrogens with one attached hydrogen (secondary N) is 1. The van der Waals surface area contributed by atoms with E-state index in [0.717, 1.165) is 24.2 Å². The van der Waals surface area contributed by atoms with Crippen LogP contribution in [0.1, 0.15) is 45.6 Å². The molecule has 7 heteroatoms. The number of hydrogen-bond donors (Lipinski definition) is 1. The van der Waals surface area contributed by atoms with Gasteiger partial charge < -0.3 is 10.2 Å². The summed E-state index contributed by atoms with van der Waals surface area (Å²) in [6, 6.07) is 6.46. The Hall–Kier alpha value is -2.08. The second-order valence-electron chi connectivity index (χ2n) is 7.38. The molecule has 0 unspecified atom stereocenters. The van der Waals surface area contributed by atoms with Crippen LogP contribution in [-0.4, -0.2) is 46.3 Å². The lowest BCUT2D eigenvalue weighted by molar-refractivity contribution is -0.142. The molecule has 0 spiro atoms. The first kappa shape index (κ1) is 18.7. The molecule has 0 saturated carbocycles. The average Bonchev–Trinajstić information content (AvgIpc) is 2.79. The Balaban J connectivity index is 1.79. The van der Waals surface area contributed by atoms with Gasteiger partial charge >= 0.3 is 6.03 Å². The van der Waals surface area contributed by atoms with Gasteiger partial charge in [0.25, 0.3) is 5.91 Å². The van der Waals surface area contributed by atoms with Crippen molar-refractivity contribution in [1.29, 1.82) is 0 Å². The molecular weight excluding hydrogens is 354 g/mol. The zero-order valence-electron chi connectivity index (χ0n) is 15.3. The molecule has 3 rings (SSSR count). The predicted molar refractivity (Wildman–Crippen MR) is 98.7 cm³/mol. The molecule has 2 aliphatic rings. The van der Waals surface area contributed by atoms with E-state index in [1.165, 1.54) is 0 Å². The summed E-state index contributed by atoms with van der Waals surface area (Å²) in [6.45, 7) is 5.43. The van der Waals surface area contributed by atoms with Crippen molar-refractivity contribution in [2.24, 2.45) is 0 Å². The fraction of sp³-hybridized carbons (Fsp3) is 0.526. The summed E-state index contributed by atoms with van der Waals surface area (Å²) in [5, 5.41) is 3.27. The third-order valence-corrected chi connectivity index (χ3v) is 5.72. The molecule has 2 heterocycles. The van der Waals surface area contributed by atoms with Crippen LogP contribution in [0.25, 0.3) is 0 Å². The van der Waals surface area contributed by atoms with E-state index in [-0.39, 0.29) is 24.5 Å². The van der Waals surface area contributed by atoms with Gasteiger partial charge in [-0.15, -0.1) is 0 Å². The lowest BCUT2D eigenvalue weighted by atomic mass is 9.92. The molecule has 2 fully saturated rings. The minimum Gasteiger partial charge on any atom is -0.336 e. The van der Waals surface area contributed by atoms with Crippen LogP contribution in [0, 0.1) is 0 Å². The summed E-state index contributed by atoms with van der Waals surface area (Å²) >= 11 is 5.91. The Bertz CT molecular complexity index is 726. The van der Waals surface area contributed by atoms with Crippen molar-refractivity contribution in [3.63, 3.8) is 0 Å². The number of amides is 4. The van der Waals surface area contributed by atoms with Gasteiger partial charge in [0.1, 0.15) is 12.1 Å². The summed E-state index contributed by atoms with van der Waals surface area (Å²) in [5.74, 6) is -0.607. The molecule has 2 saturated heterocycles. The Morgan fingerprint density at radius 3 is 2.35 bits per heavy atom. The van der Waals surface area contributed by atoms with Gasteiger partial charge in [0.15, 0.2) is 0 Å². The fourth-order valence-electron chi connectivity index (χ4n) is 3.95. The predicted octanol–water partition coefficient (Wildman–Crippen LogP) is 2.90. The Kier molecular flexibility index (Phi) is 4.97. The molecule has 4 amide bonds. The Morgan fingerprint density at radius 2 is 1.77 bits per heavy atom. The summed E-state index contributed by atoms with van der Waals surface area (Å²) in [4.78, 5) is 41.0. The Labute approximate surface area is 158 Å². The Morgan fingerprint density at radius 1 is 1.19 bits per heavy atom. The van der Waals surface area contributed by atoms with Crippen LogP contribution < -0.4 is 5.32 Å². The molecule has 1 aromatic rings. The molecule has 6 nitrogen and oxygen atoms in total. The maximum absolute atomic E-state index is 12.9. The molecule has 0 bridgehead atoms. The normalized spacial score (nSPS) is 29.1. The van der Waals surface area contributed by atoms with Crippen LogP contribution in [0.15, 0.2) is 24.3 Å².